The summed E-state index contributed by atoms with van der Waals surface area (Å²) in [7, 11) is 1.84. The second kappa shape index (κ2) is 6.02. The third-order valence-electron chi connectivity index (χ3n) is 2.72. The van der Waals surface area contributed by atoms with Crippen molar-refractivity contribution in [3.63, 3.8) is 0 Å². The molecule has 5 heteroatoms. The number of hydrogen-bond donors (Lipinski definition) is 1. The summed E-state index contributed by atoms with van der Waals surface area (Å²) in [6.45, 7) is 0. The van der Waals surface area contributed by atoms with E-state index in [9.17, 15) is 8.78 Å². The Labute approximate surface area is 109 Å². The molecule has 2 aromatic rings. The highest BCUT2D eigenvalue weighted by Crippen LogP contribution is 2.13. The predicted octanol–water partition coefficient (Wildman–Crippen LogP) is 2.79. The molecular weight excluding hydrogens is 254 g/mol. The normalized spacial score (nSPS) is 12.6. The average molecular weight is 268 g/mol. The molecule has 0 aliphatic heterocycles. The van der Waals surface area contributed by atoms with E-state index < -0.39 is 11.6 Å². The highest BCUT2D eigenvalue weighted by Gasteiger charge is 2.11. The minimum Gasteiger partial charge on any atom is -0.316 e. The molecule has 0 bridgehead atoms. The summed E-state index contributed by atoms with van der Waals surface area (Å²) in [5.74, 6) is -1.07. The molecule has 0 aliphatic rings. The Morgan fingerprint density at radius 1 is 1.22 bits per heavy atom. The van der Waals surface area contributed by atoms with Crippen molar-refractivity contribution in [1.29, 1.82) is 0 Å². The van der Waals surface area contributed by atoms with E-state index in [1.54, 1.807) is 17.5 Å². The second-order valence-corrected chi connectivity index (χ2v) is 5.08. The first-order valence-corrected chi connectivity index (χ1v) is 6.56. The maximum absolute atomic E-state index is 13.1. The summed E-state index contributed by atoms with van der Waals surface area (Å²) >= 11 is 1.58. The number of benzene rings is 1. The molecule has 1 N–H and O–H groups in total. The van der Waals surface area contributed by atoms with Gasteiger partial charge in [-0.05, 0) is 31.2 Å². The summed E-state index contributed by atoms with van der Waals surface area (Å²) in [5, 5.41) is 6.09. The van der Waals surface area contributed by atoms with Gasteiger partial charge in [-0.15, -0.1) is 11.3 Å². The summed E-state index contributed by atoms with van der Waals surface area (Å²) in [6.07, 6.45) is 3.09. The molecule has 2 nitrogen and oxygen atoms in total. The second-order valence-electron chi connectivity index (χ2n) is 4.10. The molecule has 1 aromatic heterocycles. The lowest BCUT2D eigenvalue weighted by Crippen LogP contribution is -2.29. The lowest BCUT2D eigenvalue weighted by atomic mass is 10.0. The molecule has 0 saturated carbocycles. The van der Waals surface area contributed by atoms with Crippen molar-refractivity contribution < 1.29 is 8.78 Å². The van der Waals surface area contributed by atoms with Crippen LogP contribution >= 0.6 is 11.3 Å². The third-order valence-corrected chi connectivity index (χ3v) is 3.52. The number of rotatable bonds is 5. The molecule has 0 fully saturated rings. The van der Waals surface area contributed by atoms with Crippen molar-refractivity contribution in [2.24, 2.45) is 0 Å². The van der Waals surface area contributed by atoms with Gasteiger partial charge in [0.15, 0.2) is 0 Å². The lowest BCUT2D eigenvalue weighted by Gasteiger charge is -2.15. The zero-order valence-corrected chi connectivity index (χ0v) is 10.8. The Kier molecular flexibility index (Phi) is 4.38. The van der Waals surface area contributed by atoms with Crippen LogP contribution in [0.3, 0.4) is 0 Å². The molecule has 96 valence electrons. The number of hydrogen-bond acceptors (Lipinski definition) is 3. The van der Waals surface area contributed by atoms with Crippen LogP contribution in [0.5, 0.6) is 0 Å². The fourth-order valence-electron chi connectivity index (χ4n) is 1.85. The molecule has 0 spiro atoms. The highest BCUT2D eigenvalue weighted by molar-refractivity contribution is 7.09. The molecule has 1 atom stereocenters. The first-order chi connectivity index (χ1) is 8.67. The minimum absolute atomic E-state index is 0.123. The molecule has 1 unspecified atom stereocenters. The van der Waals surface area contributed by atoms with E-state index in [0.29, 0.717) is 12.0 Å². The number of nitrogens with one attached hydrogen (secondary N) is 1. The van der Waals surface area contributed by atoms with Gasteiger partial charge in [-0.2, -0.15) is 0 Å². The third kappa shape index (κ3) is 3.58. The largest absolute Gasteiger partial charge is 0.316 e. The quantitative estimate of drug-likeness (QED) is 0.902. The number of nitrogens with zero attached hydrogens (tertiary/aromatic N) is 1. The standard InChI is InChI=1S/C13H14F2N2S/c1-16-12(8-13-17-2-3-18-13)6-9-4-10(14)7-11(15)5-9/h2-5,7,12,16H,6,8H2,1H3. The Bertz CT molecular complexity index is 479. The van der Waals surface area contributed by atoms with Crippen LogP contribution < -0.4 is 5.32 Å². The Balaban J connectivity index is 2.05. The maximum atomic E-state index is 13.1. The molecule has 0 radical (unpaired) electrons. The number of halogens is 2. The van der Waals surface area contributed by atoms with Gasteiger partial charge in [-0.25, -0.2) is 13.8 Å². The van der Waals surface area contributed by atoms with Crippen LogP contribution in [0.1, 0.15) is 10.6 Å². The van der Waals surface area contributed by atoms with E-state index >= 15 is 0 Å². The molecule has 1 aromatic carbocycles. The fraction of sp³-hybridized carbons (Fsp3) is 0.308. The maximum Gasteiger partial charge on any atom is 0.126 e. The topological polar surface area (TPSA) is 24.9 Å². The zero-order chi connectivity index (χ0) is 13.0. The van der Waals surface area contributed by atoms with E-state index in [2.05, 4.69) is 10.3 Å². The number of thiazole rings is 1. The van der Waals surface area contributed by atoms with Gasteiger partial charge >= 0.3 is 0 Å². The number of likely N-dealkylation sites (N-methyl/N-ethyl adjacent to an activating group) is 1. The van der Waals surface area contributed by atoms with Crippen molar-refractivity contribution in [1.82, 2.24) is 10.3 Å². The Hall–Kier alpha value is -1.33. The van der Waals surface area contributed by atoms with Gasteiger partial charge < -0.3 is 5.32 Å². The van der Waals surface area contributed by atoms with Crippen LogP contribution in [0.15, 0.2) is 29.8 Å². The smallest absolute Gasteiger partial charge is 0.126 e. The van der Waals surface area contributed by atoms with Crippen LogP contribution in [0, 0.1) is 11.6 Å². The van der Waals surface area contributed by atoms with Gasteiger partial charge in [-0.3, -0.25) is 0 Å². The van der Waals surface area contributed by atoms with E-state index in [-0.39, 0.29) is 6.04 Å². The average Bonchev–Trinajstić information content (AvgIpc) is 2.79. The molecule has 2 rings (SSSR count). The van der Waals surface area contributed by atoms with Crippen molar-refractivity contribution in [2.45, 2.75) is 18.9 Å². The monoisotopic (exact) mass is 268 g/mol. The van der Waals surface area contributed by atoms with E-state index in [4.69, 9.17) is 0 Å². The first-order valence-electron chi connectivity index (χ1n) is 5.68. The van der Waals surface area contributed by atoms with Gasteiger partial charge in [0.2, 0.25) is 0 Å². The van der Waals surface area contributed by atoms with Crippen molar-refractivity contribution in [3.05, 3.63) is 52.0 Å². The lowest BCUT2D eigenvalue weighted by molar-refractivity contribution is 0.542. The molecule has 18 heavy (non-hydrogen) atoms. The first kappa shape index (κ1) is 13.1. The summed E-state index contributed by atoms with van der Waals surface area (Å²) < 4.78 is 26.2. The van der Waals surface area contributed by atoms with Gasteiger partial charge in [0, 0.05) is 30.1 Å². The van der Waals surface area contributed by atoms with Crippen LogP contribution in [0.4, 0.5) is 8.78 Å². The molecular formula is C13H14F2N2S. The molecule has 0 aliphatic carbocycles. The van der Waals surface area contributed by atoms with E-state index in [1.807, 2.05) is 12.4 Å². The van der Waals surface area contributed by atoms with Crippen LogP contribution in [-0.4, -0.2) is 18.1 Å². The summed E-state index contributed by atoms with van der Waals surface area (Å²) in [4.78, 5) is 4.21. The Morgan fingerprint density at radius 2 is 1.94 bits per heavy atom. The van der Waals surface area contributed by atoms with Crippen LogP contribution in [0.2, 0.25) is 0 Å². The SMILES string of the molecule is CNC(Cc1cc(F)cc(F)c1)Cc1nccs1. The zero-order valence-electron chi connectivity index (χ0n) is 9.99. The van der Waals surface area contributed by atoms with Gasteiger partial charge in [-0.1, -0.05) is 0 Å². The van der Waals surface area contributed by atoms with E-state index in [1.165, 1.54) is 12.1 Å². The van der Waals surface area contributed by atoms with Crippen LogP contribution in [-0.2, 0) is 12.8 Å². The Morgan fingerprint density at radius 3 is 2.50 bits per heavy atom. The van der Waals surface area contributed by atoms with Crippen LogP contribution in [0.25, 0.3) is 0 Å². The van der Waals surface area contributed by atoms with Crippen molar-refractivity contribution in [3.8, 4) is 0 Å². The van der Waals surface area contributed by atoms with Crippen molar-refractivity contribution in [2.75, 3.05) is 7.05 Å². The number of aromatic nitrogens is 1. The molecule has 1 heterocycles. The predicted molar refractivity (Wildman–Crippen MR) is 68.7 cm³/mol. The van der Waals surface area contributed by atoms with Gasteiger partial charge in [0.25, 0.3) is 0 Å². The van der Waals surface area contributed by atoms with Crippen molar-refractivity contribution >= 4 is 11.3 Å². The van der Waals surface area contributed by atoms with Gasteiger partial charge in [0.1, 0.15) is 11.6 Å². The molecule has 0 saturated heterocycles. The summed E-state index contributed by atoms with van der Waals surface area (Å²) in [6, 6.07) is 3.75. The minimum atomic E-state index is -0.533. The van der Waals surface area contributed by atoms with Gasteiger partial charge in [0.05, 0.1) is 5.01 Å². The highest BCUT2D eigenvalue weighted by atomic mass is 32.1. The van der Waals surface area contributed by atoms with E-state index in [0.717, 1.165) is 17.5 Å². The summed E-state index contributed by atoms with van der Waals surface area (Å²) in [5.41, 5.74) is 0.656. The molecule has 0 amide bonds. The fourth-order valence-corrected chi connectivity index (χ4v) is 2.55.